The first-order valence-corrected chi connectivity index (χ1v) is 5.77. The van der Waals surface area contributed by atoms with E-state index in [0.717, 1.165) is 38.1 Å². The monoisotopic (exact) mass is 219 g/mol. The van der Waals surface area contributed by atoms with Crippen LogP contribution in [0, 0.1) is 0 Å². The van der Waals surface area contributed by atoms with E-state index in [-0.39, 0.29) is 0 Å². The fourth-order valence-electron chi connectivity index (χ4n) is 1.51. The summed E-state index contributed by atoms with van der Waals surface area (Å²) in [6.45, 7) is 6.80. The number of hydrogen-bond acceptors (Lipinski definition) is 2. The minimum absolute atomic E-state index is 0.849. The molecular formula is C14H21NO. The lowest BCUT2D eigenvalue weighted by Crippen LogP contribution is -2.17. The molecule has 0 aliphatic heterocycles. The second-order valence-corrected chi connectivity index (χ2v) is 3.85. The van der Waals surface area contributed by atoms with Crippen LogP contribution < -0.4 is 5.32 Å². The highest BCUT2D eigenvalue weighted by Gasteiger charge is 1.96. The van der Waals surface area contributed by atoms with Gasteiger partial charge in [0.25, 0.3) is 0 Å². The van der Waals surface area contributed by atoms with Gasteiger partial charge in [0.15, 0.2) is 0 Å². The van der Waals surface area contributed by atoms with Crippen molar-refractivity contribution >= 4 is 5.57 Å². The zero-order valence-corrected chi connectivity index (χ0v) is 10.0. The lowest BCUT2D eigenvalue weighted by Gasteiger charge is -2.07. The molecule has 2 nitrogen and oxygen atoms in total. The van der Waals surface area contributed by atoms with Crippen LogP contribution >= 0.6 is 0 Å². The van der Waals surface area contributed by atoms with Gasteiger partial charge < -0.3 is 10.1 Å². The van der Waals surface area contributed by atoms with E-state index in [1.807, 2.05) is 18.2 Å². The molecule has 1 rings (SSSR count). The molecule has 0 aliphatic carbocycles. The van der Waals surface area contributed by atoms with Gasteiger partial charge in [0.05, 0.1) is 0 Å². The van der Waals surface area contributed by atoms with Gasteiger partial charge in [0, 0.05) is 20.3 Å². The Hall–Kier alpha value is -1.12. The highest BCUT2D eigenvalue weighted by atomic mass is 16.5. The van der Waals surface area contributed by atoms with Crippen LogP contribution in [0.15, 0.2) is 36.9 Å². The average molecular weight is 219 g/mol. The van der Waals surface area contributed by atoms with Gasteiger partial charge in [-0.3, -0.25) is 0 Å². The third-order valence-corrected chi connectivity index (χ3v) is 2.47. The highest BCUT2D eigenvalue weighted by Crippen LogP contribution is 2.09. The predicted molar refractivity (Wildman–Crippen MR) is 69.5 cm³/mol. The van der Waals surface area contributed by atoms with Gasteiger partial charge in [-0.2, -0.15) is 0 Å². The summed E-state index contributed by atoms with van der Waals surface area (Å²) in [6.07, 6.45) is 2.26. The fourth-order valence-corrected chi connectivity index (χ4v) is 1.51. The number of unbranched alkanes of at least 4 members (excludes halogenated alkanes) is 1. The maximum atomic E-state index is 4.99. The molecule has 0 saturated carbocycles. The predicted octanol–water partition coefficient (Wildman–Crippen LogP) is 2.72. The number of nitrogens with one attached hydrogen (secondary N) is 1. The quantitative estimate of drug-likeness (QED) is 0.679. The first-order chi connectivity index (χ1) is 7.84. The normalized spacial score (nSPS) is 10.3. The standard InChI is InChI=1S/C14H21NO/c1-13(14-8-4-3-5-9-14)12-15-10-6-7-11-16-2/h3-5,8-9,15H,1,6-7,10-12H2,2H3. The van der Waals surface area contributed by atoms with Crippen molar-refractivity contribution in [1.82, 2.24) is 5.32 Å². The molecule has 0 fully saturated rings. The van der Waals surface area contributed by atoms with Crippen molar-refractivity contribution in [2.75, 3.05) is 26.8 Å². The minimum Gasteiger partial charge on any atom is -0.385 e. The van der Waals surface area contributed by atoms with E-state index in [0.29, 0.717) is 0 Å². The third kappa shape index (κ3) is 5.10. The Morgan fingerprint density at radius 3 is 2.69 bits per heavy atom. The van der Waals surface area contributed by atoms with Crippen molar-refractivity contribution in [3.63, 3.8) is 0 Å². The summed E-state index contributed by atoms with van der Waals surface area (Å²) in [5.41, 5.74) is 2.36. The topological polar surface area (TPSA) is 21.3 Å². The number of benzene rings is 1. The van der Waals surface area contributed by atoms with Gasteiger partial charge in [-0.05, 0) is 30.5 Å². The van der Waals surface area contributed by atoms with E-state index >= 15 is 0 Å². The Kier molecular flexibility index (Phi) is 6.54. The molecule has 0 radical (unpaired) electrons. The summed E-state index contributed by atoms with van der Waals surface area (Å²) in [6, 6.07) is 10.3. The van der Waals surface area contributed by atoms with E-state index in [2.05, 4.69) is 24.0 Å². The SMILES string of the molecule is C=C(CNCCCCOC)c1ccccc1. The summed E-state index contributed by atoms with van der Waals surface area (Å²) in [5, 5.41) is 3.39. The van der Waals surface area contributed by atoms with Crippen LogP contribution in [0.2, 0.25) is 0 Å². The van der Waals surface area contributed by atoms with Crippen molar-refractivity contribution in [1.29, 1.82) is 0 Å². The van der Waals surface area contributed by atoms with Crippen LogP contribution in [-0.4, -0.2) is 26.8 Å². The van der Waals surface area contributed by atoms with Crippen LogP contribution in [0.4, 0.5) is 0 Å². The lowest BCUT2D eigenvalue weighted by molar-refractivity contribution is 0.193. The van der Waals surface area contributed by atoms with Gasteiger partial charge in [-0.25, -0.2) is 0 Å². The van der Waals surface area contributed by atoms with Crippen molar-refractivity contribution in [3.8, 4) is 0 Å². The molecule has 1 N–H and O–H groups in total. The molecule has 0 bridgehead atoms. The first kappa shape index (κ1) is 12.9. The second-order valence-electron chi connectivity index (χ2n) is 3.85. The average Bonchev–Trinajstić information content (AvgIpc) is 2.34. The number of rotatable bonds is 8. The fraction of sp³-hybridized carbons (Fsp3) is 0.429. The summed E-state index contributed by atoms with van der Waals surface area (Å²) < 4.78 is 4.99. The van der Waals surface area contributed by atoms with E-state index in [1.165, 1.54) is 5.56 Å². The Morgan fingerprint density at radius 1 is 1.25 bits per heavy atom. The zero-order chi connectivity index (χ0) is 11.6. The van der Waals surface area contributed by atoms with Crippen LogP contribution in [0.1, 0.15) is 18.4 Å². The molecule has 0 spiro atoms. The maximum absolute atomic E-state index is 4.99. The zero-order valence-electron chi connectivity index (χ0n) is 10.0. The minimum atomic E-state index is 0.849. The Balaban J connectivity index is 2.12. The number of methoxy groups -OCH3 is 1. The van der Waals surface area contributed by atoms with E-state index < -0.39 is 0 Å². The third-order valence-electron chi connectivity index (χ3n) is 2.47. The molecule has 0 unspecified atom stereocenters. The van der Waals surface area contributed by atoms with Crippen molar-refractivity contribution in [3.05, 3.63) is 42.5 Å². The van der Waals surface area contributed by atoms with Crippen molar-refractivity contribution < 1.29 is 4.74 Å². The molecule has 0 heterocycles. The Labute approximate surface area is 98.3 Å². The van der Waals surface area contributed by atoms with Crippen LogP contribution in [0.3, 0.4) is 0 Å². The molecule has 0 saturated heterocycles. The highest BCUT2D eigenvalue weighted by molar-refractivity contribution is 5.64. The van der Waals surface area contributed by atoms with Crippen molar-refractivity contribution in [2.24, 2.45) is 0 Å². The Bertz CT molecular complexity index is 295. The van der Waals surface area contributed by atoms with Crippen LogP contribution in [-0.2, 0) is 4.74 Å². The largest absolute Gasteiger partial charge is 0.385 e. The summed E-state index contributed by atoms with van der Waals surface area (Å²) in [7, 11) is 1.74. The van der Waals surface area contributed by atoms with E-state index in [4.69, 9.17) is 4.74 Å². The van der Waals surface area contributed by atoms with Gasteiger partial charge in [0.2, 0.25) is 0 Å². The van der Waals surface area contributed by atoms with Crippen LogP contribution in [0.5, 0.6) is 0 Å². The van der Waals surface area contributed by atoms with Crippen molar-refractivity contribution in [2.45, 2.75) is 12.8 Å². The molecule has 0 atom stereocenters. The van der Waals surface area contributed by atoms with E-state index in [9.17, 15) is 0 Å². The summed E-state index contributed by atoms with van der Waals surface area (Å²) in [5.74, 6) is 0. The molecule has 0 aromatic heterocycles. The summed E-state index contributed by atoms with van der Waals surface area (Å²) in [4.78, 5) is 0. The molecular weight excluding hydrogens is 198 g/mol. The molecule has 88 valence electrons. The van der Waals surface area contributed by atoms with E-state index in [1.54, 1.807) is 7.11 Å². The van der Waals surface area contributed by atoms with Gasteiger partial charge >= 0.3 is 0 Å². The molecule has 1 aromatic carbocycles. The second kappa shape index (κ2) is 8.08. The molecule has 2 heteroatoms. The lowest BCUT2D eigenvalue weighted by atomic mass is 10.1. The number of ether oxygens (including phenoxy) is 1. The molecule has 16 heavy (non-hydrogen) atoms. The first-order valence-electron chi connectivity index (χ1n) is 5.77. The Morgan fingerprint density at radius 2 is 2.00 bits per heavy atom. The summed E-state index contributed by atoms with van der Waals surface area (Å²) >= 11 is 0. The molecule has 0 amide bonds. The van der Waals surface area contributed by atoms with Crippen LogP contribution in [0.25, 0.3) is 5.57 Å². The smallest absolute Gasteiger partial charge is 0.0462 e. The number of hydrogen-bond donors (Lipinski definition) is 1. The van der Waals surface area contributed by atoms with Gasteiger partial charge in [-0.15, -0.1) is 0 Å². The maximum Gasteiger partial charge on any atom is 0.0462 e. The van der Waals surface area contributed by atoms with Gasteiger partial charge in [-0.1, -0.05) is 36.9 Å². The molecule has 1 aromatic rings. The van der Waals surface area contributed by atoms with Gasteiger partial charge in [0.1, 0.15) is 0 Å². The molecule has 0 aliphatic rings.